The Labute approximate surface area is 265 Å². The number of aromatic amines is 1. The van der Waals surface area contributed by atoms with E-state index in [1.807, 2.05) is 5.92 Å². The number of ether oxygens (including phenoxy) is 4. The van der Waals surface area contributed by atoms with Crippen LogP contribution in [-0.2, 0) is 19.1 Å². The molecule has 0 radical (unpaired) electrons. The van der Waals surface area contributed by atoms with E-state index in [-0.39, 0.29) is 12.2 Å². The van der Waals surface area contributed by atoms with Gasteiger partial charge < -0.3 is 18.9 Å². The topological polar surface area (TPSA) is 143 Å². The standard InChI is InChI=1S/C15H16ClN3O3.C9H8ClN3O.C6H8O2/c1-10(2)22-14(20)6-7-19-9-17-15(18-19)12-8-11(16)4-5-13(12)21-3;1-14-8-3-2-6(10)4-7(8)9-11-5-12-13-9;1-4-6(7)8-5(2)3/h4-10H,1-3H3;2-5H,1H3,(H,11,12,13);1,5H,2-3H3/b7-6-;;. The molecule has 14 heteroatoms. The van der Waals surface area contributed by atoms with E-state index >= 15 is 0 Å². The van der Waals surface area contributed by atoms with Crippen molar-refractivity contribution in [3.8, 4) is 46.6 Å². The summed E-state index contributed by atoms with van der Waals surface area (Å²) in [5.41, 5.74) is 1.48. The first kappa shape index (κ1) is 35.3. The van der Waals surface area contributed by atoms with Gasteiger partial charge in [-0.3, -0.25) is 5.10 Å². The largest absolute Gasteiger partial charge is 0.496 e. The Morgan fingerprint density at radius 1 is 0.932 bits per heavy atom. The smallest absolute Gasteiger partial charge is 0.384 e. The fraction of sp³-hybridized carbons (Fsp3) is 0.267. The third-order valence-corrected chi connectivity index (χ3v) is 5.39. The van der Waals surface area contributed by atoms with Crippen LogP contribution in [0, 0.1) is 12.3 Å². The summed E-state index contributed by atoms with van der Waals surface area (Å²) < 4.78 is 21.4. The number of terminal acetylenes is 1. The molecule has 0 fully saturated rings. The summed E-state index contributed by atoms with van der Waals surface area (Å²) >= 11 is 11.9. The lowest BCUT2D eigenvalue weighted by molar-refractivity contribution is -0.141. The van der Waals surface area contributed by atoms with Crippen LogP contribution in [0.3, 0.4) is 0 Å². The Morgan fingerprint density at radius 3 is 2.02 bits per heavy atom. The molecule has 0 spiro atoms. The van der Waals surface area contributed by atoms with E-state index in [4.69, 9.17) is 43.8 Å². The highest BCUT2D eigenvalue weighted by atomic mass is 35.5. The highest BCUT2D eigenvalue weighted by molar-refractivity contribution is 6.31. The van der Waals surface area contributed by atoms with Crippen LogP contribution in [-0.4, -0.2) is 68.3 Å². The first-order valence-corrected chi connectivity index (χ1v) is 13.7. The number of carbonyl (C=O) groups is 2. The second-order valence-electron chi connectivity index (χ2n) is 8.97. The van der Waals surface area contributed by atoms with Gasteiger partial charge in [0.15, 0.2) is 11.6 Å². The van der Waals surface area contributed by atoms with Crippen molar-refractivity contribution in [1.82, 2.24) is 29.9 Å². The molecule has 0 unspecified atom stereocenters. The predicted octanol–water partition coefficient (Wildman–Crippen LogP) is 5.73. The number of esters is 2. The number of methoxy groups -OCH3 is 2. The number of nitrogens with zero attached hydrogens (tertiary/aromatic N) is 5. The zero-order valence-corrected chi connectivity index (χ0v) is 26.5. The molecule has 0 aliphatic rings. The molecule has 2 heterocycles. The summed E-state index contributed by atoms with van der Waals surface area (Å²) in [5, 5.41) is 12.0. The van der Waals surface area contributed by atoms with Gasteiger partial charge in [-0.25, -0.2) is 24.2 Å². The Kier molecular flexibility index (Phi) is 14.4. The highest BCUT2D eigenvalue weighted by Gasteiger charge is 2.11. The minimum atomic E-state index is -0.597. The van der Waals surface area contributed by atoms with Gasteiger partial charge in [-0.1, -0.05) is 23.2 Å². The molecule has 1 N–H and O–H groups in total. The number of hydrogen-bond acceptors (Lipinski definition) is 10. The number of halogens is 2. The summed E-state index contributed by atoms with van der Waals surface area (Å²) in [4.78, 5) is 29.8. The van der Waals surface area contributed by atoms with Gasteiger partial charge in [-0.2, -0.15) is 5.10 Å². The van der Waals surface area contributed by atoms with E-state index in [0.29, 0.717) is 38.8 Å². The summed E-state index contributed by atoms with van der Waals surface area (Å²) in [6.45, 7) is 7.06. The molecule has 2 aromatic carbocycles. The van der Waals surface area contributed by atoms with Crippen molar-refractivity contribution in [1.29, 1.82) is 0 Å². The molecule has 0 amide bonds. The van der Waals surface area contributed by atoms with E-state index in [9.17, 15) is 9.59 Å². The molecule has 4 rings (SSSR count). The maximum atomic E-state index is 11.4. The van der Waals surface area contributed by atoms with Crippen molar-refractivity contribution in [3.63, 3.8) is 0 Å². The minimum Gasteiger partial charge on any atom is -0.496 e. The third kappa shape index (κ3) is 11.8. The number of H-pyrrole nitrogens is 1. The van der Waals surface area contributed by atoms with Gasteiger partial charge >= 0.3 is 11.9 Å². The van der Waals surface area contributed by atoms with Crippen LogP contribution in [0.4, 0.5) is 0 Å². The summed E-state index contributed by atoms with van der Waals surface area (Å²) in [6.07, 6.45) is 10.1. The Balaban J connectivity index is 0.000000261. The van der Waals surface area contributed by atoms with Crippen LogP contribution in [0.2, 0.25) is 10.0 Å². The average molecular weight is 644 g/mol. The molecule has 0 saturated carbocycles. The van der Waals surface area contributed by atoms with Gasteiger partial charge in [0.05, 0.1) is 37.6 Å². The molecule has 0 saturated heterocycles. The van der Waals surface area contributed by atoms with E-state index in [2.05, 4.69) is 30.0 Å². The molecule has 4 aromatic rings. The zero-order valence-electron chi connectivity index (χ0n) is 24.9. The van der Waals surface area contributed by atoms with Crippen molar-refractivity contribution in [2.45, 2.75) is 39.9 Å². The number of hydrogen-bond donors (Lipinski definition) is 1. The van der Waals surface area contributed by atoms with E-state index in [1.165, 1.54) is 29.6 Å². The fourth-order valence-corrected chi connectivity index (χ4v) is 3.53. The quantitative estimate of drug-likeness (QED) is 0.109. The van der Waals surface area contributed by atoms with E-state index in [0.717, 1.165) is 5.56 Å². The number of rotatable bonds is 8. The van der Waals surface area contributed by atoms with Crippen LogP contribution >= 0.6 is 23.2 Å². The van der Waals surface area contributed by atoms with Crippen LogP contribution in [0.5, 0.6) is 11.5 Å². The SMILES string of the molecule is C#CC(=O)OC(C)C.COc1ccc(Cl)cc1-c1ncn(/C=C\C(=O)OC(C)C)n1.COc1ccc(Cl)cc1-c1ncn[nH]1. The number of carbonyl (C=O) groups excluding carboxylic acids is 2. The average Bonchev–Trinajstić information content (AvgIpc) is 3.69. The zero-order chi connectivity index (χ0) is 32.6. The number of aromatic nitrogens is 6. The molecule has 0 atom stereocenters. The van der Waals surface area contributed by atoms with Crippen molar-refractivity contribution in [3.05, 3.63) is 65.2 Å². The maximum absolute atomic E-state index is 11.4. The lowest BCUT2D eigenvalue weighted by Gasteiger charge is -2.05. The fourth-order valence-electron chi connectivity index (χ4n) is 3.18. The Morgan fingerprint density at radius 2 is 1.52 bits per heavy atom. The van der Waals surface area contributed by atoms with Crippen LogP contribution in [0.1, 0.15) is 27.7 Å². The third-order valence-electron chi connectivity index (χ3n) is 4.92. The van der Waals surface area contributed by atoms with Gasteiger partial charge in [0.25, 0.3) is 0 Å². The van der Waals surface area contributed by atoms with Gasteiger partial charge in [0.1, 0.15) is 24.2 Å². The second kappa shape index (κ2) is 17.9. The van der Waals surface area contributed by atoms with E-state index in [1.54, 1.807) is 78.3 Å². The van der Waals surface area contributed by atoms with Crippen molar-refractivity contribution in [2.75, 3.05) is 14.2 Å². The number of nitrogens with one attached hydrogen (secondary N) is 1. The molecule has 0 aliphatic heterocycles. The number of benzene rings is 2. The van der Waals surface area contributed by atoms with Crippen molar-refractivity contribution < 1.29 is 28.5 Å². The first-order valence-electron chi connectivity index (χ1n) is 13.0. The molecular formula is C30H32Cl2N6O6. The molecule has 232 valence electrons. The minimum absolute atomic E-state index is 0.112. The van der Waals surface area contributed by atoms with Gasteiger partial charge in [-0.05, 0) is 64.1 Å². The second-order valence-corrected chi connectivity index (χ2v) is 9.84. The van der Waals surface area contributed by atoms with Gasteiger partial charge in [-0.15, -0.1) is 11.5 Å². The summed E-state index contributed by atoms with van der Waals surface area (Å²) in [7, 11) is 3.16. The summed E-state index contributed by atoms with van der Waals surface area (Å²) in [6, 6.07) is 10.5. The van der Waals surface area contributed by atoms with Crippen LogP contribution < -0.4 is 9.47 Å². The molecule has 2 aromatic heterocycles. The monoisotopic (exact) mass is 642 g/mol. The normalized spacial score (nSPS) is 10.3. The molecular weight excluding hydrogens is 611 g/mol. The van der Waals surface area contributed by atoms with Crippen LogP contribution in [0.25, 0.3) is 29.0 Å². The van der Waals surface area contributed by atoms with Crippen LogP contribution in [0.15, 0.2) is 55.1 Å². The lowest BCUT2D eigenvalue weighted by Crippen LogP contribution is -2.08. The van der Waals surface area contributed by atoms with Crippen molar-refractivity contribution in [2.24, 2.45) is 0 Å². The Hall–Kier alpha value is -4.86. The molecule has 0 aliphatic carbocycles. The van der Waals surface area contributed by atoms with Crippen molar-refractivity contribution >= 4 is 41.3 Å². The maximum Gasteiger partial charge on any atom is 0.384 e. The molecule has 12 nitrogen and oxygen atoms in total. The molecule has 44 heavy (non-hydrogen) atoms. The highest BCUT2D eigenvalue weighted by Crippen LogP contribution is 2.30. The van der Waals surface area contributed by atoms with Gasteiger partial charge in [0.2, 0.25) is 0 Å². The Bertz CT molecular complexity index is 1580. The predicted molar refractivity (Wildman–Crippen MR) is 167 cm³/mol. The lowest BCUT2D eigenvalue weighted by atomic mass is 10.2. The molecule has 0 bridgehead atoms. The first-order chi connectivity index (χ1) is 21.0. The van der Waals surface area contributed by atoms with E-state index < -0.39 is 11.9 Å². The van der Waals surface area contributed by atoms with Gasteiger partial charge in [0, 0.05) is 28.2 Å². The summed E-state index contributed by atoms with van der Waals surface area (Å²) in [5.74, 6) is 3.22.